The van der Waals surface area contributed by atoms with Gasteiger partial charge in [-0.15, -0.1) is 0 Å². The zero-order valence-electron chi connectivity index (χ0n) is 21.1. The molecule has 1 atom stereocenters. The minimum atomic E-state index is -9.86. The van der Waals surface area contributed by atoms with Crippen molar-refractivity contribution in [1.29, 1.82) is 0 Å². The van der Waals surface area contributed by atoms with E-state index in [1.54, 1.807) is 0 Å². The highest BCUT2D eigenvalue weighted by molar-refractivity contribution is 7.46. The first-order chi connectivity index (χ1) is 20.1. The molecule has 0 aliphatic carbocycles. The Bertz CT molecular complexity index is 1210. The van der Waals surface area contributed by atoms with Gasteiger partial charge in [0.05, 0.1) is 6.10 Å². The van der Waals surface area contributed by atoms with E-state index in [-0.39, 0.29) is 6.92 Å². The van der Waals surface area contributed by atoms with Crippen LogP contribution in [-0.2, 0) is 9.09 Å². The molecule has 4 nitrogen and oxygen atoms in total. The molecule has 0 aliphatic heterocycles. The van der Waals surface area contributed by atoms with Gasteiger partial charge in [-0.05, 0) is 6.92 Å². The number of hydrogen-bond donors (Lipinski definition) is 2. The van der Waals surface area contributed by atoms with Crippen molar-refractivity contribution < 1.29 is 137 Å². The zero-order valence-corrected chi connectivity index (χ0v) is 22.0. The highest BCUT2D eigenvalue weighted by Gasteiger charge is 3.00. The van der Waals surface area contributed by atoms with Crippen molar-refractivity contribution in [2.24, 2.45) is 0 Å². The molecule has 0 rings (SSSR count). The van der Waals surface area contributed by atoms with Gasteiger partial charge in [-0.1, -0.05) is 0 Å². The summed E-state index contributed by atoms with van der Waals surface area (Å²) in [5.74, 6) is -111. The maximum absolute atomic E-state index is 13.8. The molecule has 2 N–H and O–H groups in total. The molecule has 0 aromatic rings. The minimum absolute atomic E-state index is 0.213. The Hall–Kier alpha value is -1.78. The van der Waals surface area contributed by atoms with E-state index in [4.69, 9.17) is 9.79 Å². The van der Waals surface area contributed by atoms with Gasteiger partial charge < -0.3 is 9.79 Å². The van der Waals surface area contributed by atoms with E-state index in [0.717, 1.165) is 0 Å². The standard InChI is InChI=1S/C16H8F27O4P/c1-3(47-48(44,45)46)2-4(17,18)5(19,20)6(21,22)7(23,24)8(25,26)9(27,28)10(29,30)11(31,32)12(33,34)13(35,36)14(37,38)15(39,40)16(41,42)43/h3H,2H2,1H3,(H2,44,45,46). The summed E-state index contributed by atoms with van der Waals surface area (Å²) in [4.78, 5) is 16.6. The van der Waals surface area contributed by atoms with Crippen molar-refractivity contribution >= 4 is 7.82 Å². The molecule has 48 heavy (non-hydrogen) atoms. The Balaban J connectivity index is 7.36. The molecule has 0 saturated carbocycles. The summed E-state index contributed by atoms with van der Waals surface area (Å²) in [6.07, 6.45) is -15.0. The minimum Gasteiger partial charge on any atom is -0.303 e. The maximum Gasteiger partial charge on any atom is 0.469 e. The first-order valence-corrected chi connectivity index (χ1v) is 12.0. The molecule has 0 aromatic heterocycles. The fourth-order valence-corrected chi connectivity index (χ4v) is 3.49. The summed E-state index contributed by atoms with van der Waals surface area (Å²) >= 11 is 0. The van der Waals surface area contributed by atoms with Crippen LogP contribution in [-0.4, -0.2) is 93.1 Å². The molecule has 32 heteroatoms. The first kappa shape index (κ1) is 46.2. The summed E-state index contributed by atoms with van der Waals surface area (Å²) in [5, 5.41) is 0. The third kappa shape index (κ3) is 6.12. The highest BCUT2D eigenvalue weighted by Crippen LogP contribution is 2.68. The van der Waals surface area contributed by atoms with Crippen LogP contribution in [0.3, 0.4) is 0 Å². The number of phosphoric acid groups is 1. The van der Waals surface area contributed by atoms with Crippen LogP contribution in [0.25, 0.3) is 0 Å². The normalized spacial score (nSPS) is 17.5. The number of hydrogen-bond acceptors (Lipinski definition) is 2. The van der Waals surface area contributed by atoms with Crippen LogP contribution >= 0.6 is 7.82 Å². The van der Waals surface area contributed by atoms with Gasteiger partial charge in [-0.25, -0.2) is 4.57 Å². The number of alkyl halides is 27. The van der Waals surface area contributed by atoms with Gasteiger partial charge in [-0.3, -0.25) is 4.52 Å². The summed E-state index contributed by atoms with van der Waals surface area (Å²) in [7, 11) is -6.12. The van der Waals surface area contributed by atoms with E-state index in [0.29, 0.717) is 0 Å². The third-order valence-corrected chi connectivity index (χ3v) is 6.25. The zero-order chi connectivity index (χ0) is 40.0. The Kier molecular flexibility index (Phi) is 11.2. The van der Waals surface area contributed by atoms with E-state index in [1.165, 1.54) is 0 Å². The molecule has 0 spiro atoms. The van der Waals surface area contributed by atoms with Gasteiger partial charge in [0.2, 0.25) is 0 Å². The second-order valence-corrected chi connectivity index (χ2v) is 10.3. The van der Waals surface area contributed by atoms with Gasteiger partial charge in [-0.2, -0.15) is 119 Å². The molecule has 1 unspecified atom stereocenters. The summed E-state index contributed by atoms with van der Waals surface area (Å²) in [5.41, 5.74) is 0. The van der Waals surface area contributed by atoms with Crippen molar-refractivity contribution in [1.82, 2.24) is 0 Å². The van der Waals surface area contributed by atoms with Crippen molar-refractivity contribution in [2.45, 2.75) is 96.7 Å². The topological polar surface area (TPSA) is 66.8 Å². The molecule has 0 aromatic carbocycles. The fourth-order valence-electron chi connectivity index (χ4n) is 2.94. The molecule has 0 fully saturated rings. The lowest BCUT2D eigenvalue weighted by molar-refractivity contribution is -0.485. The first-order valence-electron chi connectivity index (χ1n) is 10.4. The smallest absolute Gasteiger partial charge is 0.303 e. The lowest BCUT2D eigenvalue weighted by Gasteiger charge is -2.46. The lowest BCUT2D eigenvalue weighted by Crippen LogP contribution is -2.78. The van der Waals surface area contributed by atoms with E-state index in [9.17, 15) is 123 Å². The second kappa shape index (κ2) is 11.6. The summed E-state index contributed by atoms with van der Waals surface area (Å²) in [6, 6.07) is 0. The van der Waals surface area contributed by atoms with Gasteiger partial charge in [0.15, 0.2) is 0 Å². The Labute approximate surface area is 243 Å². The number of rotatable bonds is 15. The average Bonchev–Trinajstić information content (AvgIpc) is 2.80. The fraction of sp³-hybridized carbons (Fsp3) is 1.00. The van der Waals surface area contributed by atoms with Crippen molar-refractivity contribution in [2.75, 3.05) is 0 Å². The van der Waals surface area contributed by atoms with E-state index in [2.05, 4.69) is 4.52 Å². The van der Waals surface area contributed by atoms with Gasteiger partial charge in [0.25, 0.3) is 0 Å². The van der Waals surface area contributed by atoms with Crippen LogP contribution in [0, 0.1) is 0 Å². The SMILES string of the molecule is CC(CC(F)(F)C(F)(F)C(F)(F)C(F)(F)C(F)(F)C(F)(F)C(F)(F)C(F)(F)C(F)(F)C(F)(F)C(F)(F)C(F)(F)C(F)(F)F)OP(=O)(O)O. The van der Waals surface area contributed by atoms with Crippen LogP contribution in [0.2, 0.25) is 0 Å². The Morgan fingerprint density at radius 1 is 0.417 bits per heavy atom. The quantitative estimate of drug-likeness (QED) is 0.128. The highest BCUT2D eigenvalue weighted by atomic mass is 31.2. The van der Waals surface area contributed by atoms with Crippen LogP contribution < -0.4 is 0 Å². The second-order valence-electron chi connectivity index (χ2n) is 9.13. The predicted molar refractivity (Wildman–Crippen MR) is 92.6 cm³/mol. The molecule has 0 radical (unpaired) electrons. The average molecular weight is 808 g/mol. The third-order valence-electron chi connectivity index (χ3n) is 5.62. The largest absolute Gasteiger partial charge is 0.469 e. The van der Waals surface area contributed by atoms with Crippen LogP contribution in [0.15, 0.2) is 0 Å². The Morgan fingerprint density at radius 3 is 0.792 bits per heavy atom. The number of phosphoric ester groups is 1. The van der Waals surface area contributed by atoms with E-state index in [1.807, 2.05) is 0 Å². The van der Waals surface area contributed by atoms with Gasteiger partial charge in [0.1, 0.15) is 0 Å². The molecule has 0 bridgehead atoms. The van der Waals surface area contributed by atoms with Crippen molar-refractivity contribution in [3.05, 3.63) is 0 Å². The molecular formula is C16H8F27O4P. The predicted octanol–water partition coefficient (Wildman–Crippen LogP) is 9.06. The summed E-state index contributed by atoms with van der Waals surface area (Å²) < 4.78 is 376. The van der Waals surface area contributed by atoms with Gasteiger partial charge >= 0.3 is 85.1 Å². The monoisotopic (exact) mass is 808 g/mol. The van der Waals surface area contributed by atoms with Crippen molar-refractivity contribution in [3.8, 4) is 0 Å². The molecule has 0 saturated heterocycles. The number of halogens is 27. The lowest BCUT2D eigenvalue weighted by atomic mass is 9.83. The Morgan fingerprint density at radius 2 is 0.604 bits per heavy atom. The summed E-state index contributed by atoms with van der Waals surface area (Å²) in [6.45, 7) is -0.213. The maximum atomic E-state index is 13.8. The molecule has 290 valence electrons. The van der Waals surface area contributed by atoms with E-state index < -0.39 is 97.6 Å². The molecule has 0 aliphatic rings. The van der Waals surface area contributed by atoms with Crippen molar-refractivity contribution in [3.63, 3.8) is 0 Å². The molecule has 0 heterocycles. The van der Waals surface area contributed by atoms with Crippen LogP contribution in [0.1, 0.15) is 13.3 Å². The molecule has 0 amide bonds. The van der Waals surface area contributed by atoms with Crippen LogP contribution in [0.5, 0.6) is 0 Å². The van der Waals surface area contributed by atoms with Gasteiger partial charge in [0, 0.05) is 6.42 Å². The van der Waals surface area contributed by atoms with E-state index >= 15 is 0 Å². The molecular weight excluding hydrogens is 800 g/mol. The van der Waals surface area contributed by atoms with Crippen LogP contribution in [0.4, 0.5) is 119 Å².